The molecule has 0 bridgehead atoms. The second kappa shape index (κ2) is 5.21. The first kappa shape index (κ1) is 13.8. The number of amides is 1. The van der Waals surface area contributed by atoms with Crippen LogP contribution < -0.4 is 5.43 Å². The molecular formula is C20H14N4O. The highest BCUT2D eigenvalue weighted by molar-refractivity contribution is 6.35. The highest BCUT2D eigenvalue weighted by Crippen LogP contribution is 2.26. The molecule has 1 amide bonds. The standard InChI is InChI=1S/C20H14N4O/c25-20-15(9-12-10-21-17-7-3-1-5-13(12)17)19(23-24-20)16-11-22-18-8-4-2-6-14(16)18/h1-11,21-22H,(H,24,25). The number of benzene rings is 2. The highest BCUT2D eigenvalue weighted by atomic mass is 16.2. The number of para-hydroxylation sites is 2. The van der Waals surface area contributed by atoms with E-state index in [0.29, 0.717) is 11.3 Å². The molecule has 0 radical (unpaired) electrons. The number of hydrogen-bond acceptors (Lipinski definition) is 2. The predicted molar refractivity (Wildman–Crippen MR) is 99.3 cm³/mol. The third-order valence-electron chi connectivity index (χ3n) is 4.53. The molecule has 120 valence electrons. The number of fused-ring (bicyclic) bond motifs is 2. The molecule has 0 atom stereocenters. The summed E-state index contributed by atoms with van der Waals surface area (Å²) in [6, 6.07) is 16.0. The van der Waals surface area contributed by atoms with E-state index in [0.717, 1.165) is 32.9 Å². The Morgan fingerprint density at radius 1 is 0.840 bits per heavy atom. The van der Waals surface area contributed by atoms with E-state index >= 15 is 0 Å². The van der Waals surface area contributed by atoms with Crippen LogP contribution >= 0.6 is 0 Å². The van der Waals surface area contributed by atoms with Gasteiger partial charge in [0.05, 0.1) is 5.57 Å². The predicted octanol–water partition coefficient (Wildman–Crippen LogP) is 3.57. The Hall–Kier alpha value is -3.60. The molecule has 3 heterocycles. The molecule has 0 spiro atoms. The van der Waals surface area contributed by atoms with Gasteiger partial charge in [-0.2, -0.15) is 5.10 Å². The van der Waals surface area contributed by atoms with Crippen LogP contribution in [0.3, 0.4) is 0 Å². The summed E-state index contributed by atoms with van der Waals surface area (Å²) in [6.07, 6.45) is 5.70. The minimum absolute atomic E-state index is 0.189. The molecule has 0 unspecified atom stereocenters. The number of hydrogen-bond donors (Lipinski definition) is 3. The number of carbonyl (C=O) groups is 1. The first-order chi connectivity index (χ1) is 12.3. The normalized spacial score (nSPS) is 15.9. The second-order valence-corrected chi connectivity index (χ2v) is 6.00. The Balaban J connectivity index is 1.67. The minimum atomic E-state index is -0.189. The fourth-order valence-corrected chi connectivity index (χ4v) is 3.31. The summed E-state index contributed by atoms with van der Waals surface area (Å²) in [6.45, 7) is 0. The summed E-state index contributed by atoms with van der Waals surface area (Å²) < 4.78 is 0. The fourth-order valence-electron chi connectivity index (χ4n) is 3.31. The number of aromatic nitrogens is 2. The number of nitrogens with zero attached hydrogens (tertiary/aromatic N) is 1. The maximum absolute atomic E-state index is 12.4. The Labute approximate surface area is 143 Å². The molecule has 25 heavy (non-hydrogen) atoms. The number of carbonyl (C=O) groups excluding carboxylic acids is 1. The van der Waals surface area contributed by atoms with Gasteiger partial charge in [-0.15, -0.1) is 0 Å². The molecule has 5 nitrogen and oxygen atoms in total. The fraction of sp³-hybridized carbons (Fsp3) is 0. The lowest BCUT2D eigenvalue weighted by atomic mass is 10.00. The number of aromatic amines is 2. The Morgan fingerprint density at radius 3 is 2.36 bits per heavy atom. The Morgan fingerprint density at radius 2 is 1.52 bits per heavy atom. The van der Waals surface area contributed by atoms with Crippen LogP contribution in [0.5, 0.6) is 0 Å². The SMILES string of the molecule is O=C1NN=C(c2c[nH]c3ccccc23)C1=Cc1c[nH]c2ccccc12. The minimum Gasteiger partial charge on any atom is -0.361 e. The first-order valence-electron chi connectivity index (χ1n) is 8.04. The van der Waals surface area contributed by atoms with Gasteiger partial charge in [-0.1, -0.05) is 36.4 Å². The highest BCUT2D eigenvalue weighted by Gasteiger charge is 2.26. The summed E-state index contributed by atoms with van der Waals surface area (Å²) in [5, 5.41) is 6.39. The van der Waals surface area contributed by atoms with Gasteiger partial charge >= 0.3 is 0 Å². The van der Waals surface area contributed by atoms with E-state index in [-0.39, 0.29) is 5.91 Å². The Bertz CT molecular complexity index is 1190. The van der Waals surface area contributed by atoms with Gasteiger partial charge in [0, 0.05) is 45.3 Å². The molecule has 3 N–H and O–H groups in total. The molecule has 1 aliphatic rings. The zero-order valence-corrected chi connectivity index (χ0v) is 13.2. The molecule has 4 aromatic rings. The molecule has 5 rings (SSSR count). The topological polar surface area (TPSA) is 73.0 Å². The summed E-state index contributed by atoms with van der Waals surface area (Å²) in [4.78, 5) is 18.8. The third-order valence-corrected chi connectivity index (χ3v) is 4.53. The van der Waals surface area contributed by atoms with Gasteiger partial charge in [0.2, 0.25) is 0 Å². The van der Waals surface area contributed by atoms with Crippen molar-refractivity contribution < 1.29 is 4.79 Å². The van der Waals surface area contributed by atoms with Crippen LogP contribution in [0.4, 0.5) is 0 Å². The van der Waals surface area contributed by atoms with Crippen molar-refractivity contribution in [3.63, 3.8) is 0 Å². The number of H-pyrrole nitrogens is 2. The van der Waals surface area contributed by atoms with Crippen LogP contribution in [-0.2, 0) is 4.79 Å². The van der Waals surface area contributed by atoms with E-state index in [1.807, 2.05) is 67.0 Å². The third kappa shape index (κ3) is 2.10. The van der Waals surface area contributed by atoms with Crippen LogP contribution in [0.15, 0.2) is 71.6 Å². The number of rotatable bonds is 2. The molecule has 2 aromatic carbocycles. The van der Waals surface area contributed by atoms with Crippen LogP contribution in [0.2, 0.25) is 0 Å². The van der Waals surface area contributed by atoms with Crippen molar-refractivity contribution >= 4 is 39.5 Å². The van der Waals surface area contributed by atoms with Crippen molar-refractivity contribution in [3.8, 4) is 0 Å². The smallest absolute Gasteiger partial charge is 0.273 e. The van der Waals surface area contributed by atoms with Crippen LogP contribution in [0.1, 0.15) is 11.1 Å². The van der Waals surface area contributed by atoms with Crippen molar-refractivity contribution in [1.29, 1.82) is 0 Å². The van der Waals surface area contributed by atoms with Gasteiger partial charge in [-0.25, -0.2) is 5.43 Å². The summed E-state index contributed by atoms with van der Waals surface area (Å²) in [5.41, 5.74) is 7.76. The van der Waals surface area contributed by atoms with Crippen LogP contribution in [-0.4, -0.2) is 21.6 Å². The molecule has 0 saturated heterocycles. The monoisotopic (exact) mass is 326 g/mol. The van der Waals surface area contributed by atoms with Crippen LogP contribution in [0, 0.1) is 0 Å². The maximum Gasteiger partial charge on any atom is 0.273 e. The molecule has 2 aromatic heterocycles. The maximum atomic E-state index is 12.4. The van der Waals surface area contributed by atoms with Crippen molar-refractivity contribution in [3.05, 3.63) is 77.6 Å². The lowest BCUT2D eigenvalue weighted by Crippen LogP contribution is -2.13. The van der Waals surface area contributed by atoms with Crippen molar-refractivity contribution in [2.45, 2.75) is 0 Å². The van der Waals surface area contributed by atoms with Crippen LogP contribution in [0.25, 0.3) is 27.9 Å². The first-order valence-corrected chi connectivity index (χ1v) is 8.04. The van der Waals surface area contributed by atoms with Gasteiger partial charge in [0.25, 0.3) is 5.91 Å². The second-order valence-electron chi connectivity index (χ2n) is 6.00. The largest absolute Gasteiger partial charge is 0.361 e. The van der Waals surface area contributed by atoms with E-state index in [2.05, 4.69) is 20.5 Å². The number of hydrazone groups is 1. The molecule has 0 saturated carbocycles. The average Bonchev–Trinajstić information content (AvgIpc) is 3.34. The zero-order chi connectivity index (χ0) is 16.8. The van der Waals surface area contributed by atoms with Gasteiger partial charge in [0.15, 0.2) is 0 Å². The quantitative estimate of drug-likeness (QED) is 0.484. The molecule has 1 aliphatic heterocycles. The van der Waals surface area contributed by atoms with Crippen molar-refractivity contribution in [1.82, 2.24) is 15.4 Å². The van der Waals surface area contributed by atoms with Gasteiger partial charge in [-0.3, -0.25) is 4.79 Å². The zero-order valence-electron chi connectivity index (χ0n) is 13.2. The lowest BCUT2D eigenvalue weighted by Gasteiger charge is -2.00. The van der Waals surface area contributed by atoms with Gasteiger partial charge in [0.1, 0.15) is 5.71 Å². The van der Waals surface area contributed by atoms with Crippen molar-refractivity contribution in [2.75, 3.05) is 0 Å². The molecule has 0 aliphatic carbocycles. The van der Waals surface area contributed by atoms with E-state index < -0.39 is 0 Å². The average molecular weight is 326 g/mol. The van der Waals surface area contributed by atoms with Gasteiger partial charge < -0.3 is 9.97 Å². The van der Waals surface area contributed by atoms with E-state index in [1.165, 1.54) is 0 Å². The van der Waals surface area contributed by atoms with E-state index in [4.69, 9.17) is 0 Å². The number of nitrogens with one attached hydrogen (secondary N) is 3. The molecule has 5 heteroatoms. The molecular weight excluding hydrogens is 312 g/mol. The molecule has 0 fully saturated rings. The summed E-state index contributed by atoms with van der Waals surface area (Å²) in [7, 11) is 0. The van der Waals surface area contributed by atoms with E-state index in [1.54, 1.807) is 0 Å². The Kier molecular flexibility index (Phi) is 2.87. The lowest BCUT2D eigenvalue weighted by molar-refractivity contribution is -0.116. The summed E-state index contributed by atoms with van der Waals surface area (Å²) >= 11 is 0. The van der Waals surface area contributed by atoms with Gasteiger partial charge in [-0.05, 0) is 18.2 Å². The van der Waals surface area contributed by atoms with E-state index in [9.17, 15) is 4.79 Å². The van der Waals surface area contributed by atoms with Crippen molar-refractivity contribution in [2.24, 2.45) is 5.10 Å². The summed E-state index contributed by atoms with van der Waals surface area (Å²) in [5.74, 6) is -0.189.